The van der Waals surface area contributed by atoms with Gasteiger partial charge in [-0.1, -0.05) is 48.5 Å². The number of carbonyl (C=O) groups excluding carboxylic acids is 1. The Hall–Kier alpha value is -3.09. The first-order valence-electron chi connectivity index (χ1n) is 11.2. The molecule has 6 nitrogen and oxygen atoms in total. The highest BCUT2D eigenvalue weighted by Crippen LogP contribution is 2.29. The third-order valence-electron chi connectivity index (χ3n) is 5.84. The maximum Gasteiger partial charge on any atom is 0.225 e. The predicted octanol–water partition coefficient (Wildman–Crippen LogP) is 4.02. The summed E-state index contributed by atoms with van der Waals surface area (Å²) in [5.74, 6) is 0.952. The quantitative estimate of drug-likeness (QED) is 0.517. The van der Waals surface area contributed by atoms with Crippen molar-refractivity contribution in [2.75, 3.05) is 63.3 Å². The Morgan fingerprint density at radius 1 is 0.906 bits per heavy atom. The zero-order valence-corrected chi connectivity index (χ0v) is 18.6. The molecule has 1 N–H and O–H groups in total. The van der Waals surface area contributed by atoms with Crippen LogP contribution in [0.5, 0.6) is 5.75 Å². The molecule has 1 heterocycles. The van der Waals surface area contributed by atoms with E-state index in [1.807, 2.05) is 48.5 Å². The number of hydrogen-bond acceptors (Lipinski definition) is 5. The van der Waals surface area contributed by atoms with Crippen molar-refractivity contribution in [3.63, 3.8) is 0 Å². The average Bonchev–Trinajstić information content (AvgIpc) is 2.84. The lowest BCUT2D eigenvalue weighted by atomic mass is 10.1. The molecule has 0 atom stereocenters. The van der Waals surface area contributed by atoms with E-state index in [2.05, 4.69) is 33.3 Å². The molecule has 168 valence electrons. The summed E-state index contributed by atoms with van der Waals surface area (Å²) in [5.41, 5.74) is 2.00. The van der Waals surface area contributed by atoms with Gasteiger partial charge in [-0.2, -0.15) is 0 Å². The average molecular weight is 434 g/mol. The van der Waals surface area contributed by atoms with Crippen LogP contribution in [0.3, 0.4) is 0 Å². The number of methoxy groups -OCH3 is 1. The number of para-hydroxylation sites is 2. The topological polar surface area (TPSA) is 54.0 Å². The second-order valence-corrected chi connectivity index (χ2v) is 7.96. The molecule has 0 unspecified atom stereocenters. The highest BCUT2D eigenvalue weighted by Gasteiger charge is 2.20. The molecule has 0 saturated carbocycles. The lowest BCUT2D eigenvalue weighted by Gasteiger charge is -2.36. The first kappa shape index (κ1) is 22.1. The summed E-state index contributed by atoms with van der Waals surface area (Å²) in [6.45, 7) is 5.55. The first-order chi connectivity index (χ1) is 15.7. The van der Waals surface area contributed by atoms with Crippen LogP contribution in [0.25, 0.3) is 10.8 Å². The van der Waals surface area contributed by atoms with E-state index >= 15 is 0 Å². The van der Waals surface area contributed by atoms with E-state index in [1.54, 1.807) is 7.11 Å². The molecule has 1 fully saturated rings. The van der Waals surface area contributed by atoms with Crippen LogP contribution in [0.15, 0.2) is 66.7 Å². The number of nitrogens with one attached hydrogen (secondary N) is 1. The lowest BCUT2D eigenvalue weighted by Crippen LogP contribution is -2.47. The summed E-state index contributed by atoms with van der Waals surface area (Å²) >= 11 is 0. The summed E-state index contributed by atoms with van der Waals surface area (Å²) in [5, 5.41) is 5.29. The van der Waals surface area contributed by atoms with E-state index in [1.165, 1.54) is 0 Å². The van der Waals surface area contributed by atoms with Crippen LogP contribution in [0.4, 0.5) is 11.4 Å². The second kappa shape index (κ2) is 11.0. The van der Waals surface area contributed by atoms with E-state index in [9.17, 15) is 4.79 Å². The van der Waals surface area contributed by atoms with Crippen LogP contribution in [0, 0.1) is 0 Å². The van der Waals surface area contributed by atoms with Crippen LogP contribution in [0.1, 0.15) is 6.42 Å². The van der Waals surface area contributed by atoms with Crippen molar-refractivity contribution >= 4 is 28.1 Å². The predicted molar refractivity (Wildman–Crippen MR) is 130 cm³/mol. The van der Waals surface area contributed by atoms with Gasteiger partial charge in [0.05, 0.1) is 12.3 Å². The third-order valence-corrected chi connectivity index (χ3v) is 5.84. The SMILES string of the molecule is COCCOc1ccccc1N1CCN(CCC(=O)Nc2cccc3ccccc23)CC1. The normalized spacial score (nSPS) is 14.5. The molecule has 0 radical (unpaired) electrons. The number of carbonyl (C=O) groups is 1. The lowest BCUT2D eigenvalue weighted by molar-refractivity contribution is -0.116. The molecule has 0 bridgehead atoms. The van der Waals surface area contributed by atoms with Gasteiger partial charge in [0.1, 0.15) is 12.4 Å². The standard InChI is InChI=1S/C26H31N3O3/c1-31-19-20-32-25-12-5-4-11-24(25)29-17-15-28(16-18-29)14-13-26(30)27-23-10-6-8-21-7-2-3-9-22(21)23/h2-12H,13-20H2,1H3,(H,27,30). The Kier molecular flexibility index (Phi) is 7.59. The minimum absolute atomic E-state index is 0.0562. The van der Waals surface area contributed by atoms with Gasteiger partial charge < -0.3 is 19.7 Å². The summed E-state index contributed by atoms with van der Waals surface area (Å²) in [7, 11) is 1.68. The molecule has 3 aromatic rings. The highest BCUT2D eigenvalue weighted by molar-refractivity contribution is 6.02. The van der Waals surface area contributed by atoms with Crippen molar-refractivity contribution in [2.24, 2.45) is 0 Å². The Labute approximate surface area is 189 Å². The number of amides is 1. The van der Waals surface area contributed by atoms with Crippen molar-refractivity contribution in [3.8, 4) is 5.75 Å². The van der Waals surface area contributed by atoms with Gasteiger partial charge in [-0.05, 0) is 23.6 Å². The smallest absolute Gasteiger partial charge is 0.225 e. The number of hydrogen-bond donors (Lipinski definition) is 1. The molecule has 4 rings (SSSR count). The van der Waals surface area contributed by atoms with Gasteiger partial charge in [-0.3, -0.25) is 9.69 Å². The zero-order valence-electron chi connectivity index (χ0n) is 18.6. The molecule has 0 spiro atoms. The van der Waals surface area contributed by atoms with Crippen LogP contribution >= 0.6 is 0 Å². The van der Waals surface area contributed by atoms with Gasteiger partial charge in [-0.25, -0.2) is 0 Å². The van der Waals surface area contributed by atoms with Gasteiger partial charge >= 0.3 is 0 Å². The maximum absolute atomic E-state index is 12.6. The highest BCUT2D eigenvalue weighted by atomic mass is 16.5. The van der Waals surface area contributed by atoms with E-state index in [0.29, 0.717) is 19.6 Å². The molecular formula is C26H31N3O3. The maximum atomic E-state index is 12.6. The van der Waals surface area contributed by atoms with E-state index in [4.69, 9.17) is 9.47 Å². The van der Waals surface area contributed by atoms with Crippen molar-refractivity contribution in [3.05, 3.63) is 66.7 Å². The molecule has 1 aliphatic heterocycles. The van der Waals surface area contributed by atoms with E-state index in [0.717, 1.165) is 60.6 Å². The number of ether oxygens (including phenoxy) is 2. The molecule has 1 aliphatic rings. The molecule has 0 aromatic heterocycles. The molecular weight excluding hydrogens is 402 g/mol. The van der Waals surface area contributed by atoms with Crippen molar-refractivity contribution in [1.29, 1.82) is 0 Å². The number of rotatable bonds is 9. The number of benzene rings is 3. The minimum Gasteiger partial charge on any atom is -0.489 e. The largest absolute Gasteiger partial charge is 0.489 e. The molecule has 6 heteroatoms. The molecule has 0 aliphatic carbocycles. The van der Waals surface area contributed by atoms with Crippen molar-refractivity contribution in [2.45, 2.75) is 6.42 Å². The van der Waals surface area contributed by atoms with E-state index in [-0.39, 0.29) is 5.91 Å². The molecule has 1 amide bonds. The van der Waals surface area contributed by atoms with Gasteiger partial charge in [0, 0.05) is 57.3 Å². The molecule has 3 aromatic carbocycles. The first-order valence-corrected chi connectivity index (χ1v) is 11.2. The van der Waals surface area contributed by atoms with Crippen molar-refractivity contribution in [1.82, 2.24) is 4.90 Å². The number of piperazine rings is 1. The Balaban J connectivity index is 1.26. The summed E-state index contributed by atoms with van der Waals surface area (Å²) in [4.78, 5) is 17.3. The fourth-order valence-corrected chi connectivity index (χ4v) is 4.09. The van der Waals surface area contributed by atoms with Gasteiger partial charge in [0.25, 0.3) is 0 Å². The Bertz CT molecular complexity index is 1030. The zero-order chi connectivity index (χ0) is 22.2. The van der Waals surface area contributed by atoms with Crippen LogP contribution in [0.2, 0.25) is 0 Å². The van der Waals surface area contributed by atoms with Gasteiger partial charge in [0.2, 0.25) is 5.91 Å². The van der Waals surface area contributed by atoms with Gasteiger partial charge in [-0.15, -0.1) is 0 Å². The fourth-order valence-electron chi connectivity index (χ4n) is 4.09. The third kappa shape index (κ3) is 5.58. The Morgan fingerprint density at radius 2 is 1.66 bits per heavy atom. The van der Waals surface area contributed by atoms with Crippen LogP contribution in [-0.2, 0) is 9.53 Å². The van der Waals surface area contributed by atoms with Crippen LogP contribution in [-0.4, -0.2) is 63.9 Å². The fraction of sp³-hybridized carbons (Fsp3) is 0.346. The molecule has 32 heavy (non-hydrogen) atoms. The second-order valence-electron chi connectivity index (χ2n) is 7.96. The van der Waals surface area contributed by atoms with Crippen molar-refractivity contribution < 1.29 is 14.3 Å². The summed E-state index contributed by atoms with van der Waals surface area (Å²) in [6.07, 6.45) is 0.486. The Morgan fingerprint density at radius 3 is 2.50 bits per heavy atom. The number of nitrogens with zero attached hydrogens (tertiary/aromatic N) is 2. The number of fused-ring (bicyclic) bond motifs is 1. The summed E-state index contributed by atoms with van der Waals surface area (Å²) < 4.78 is 11.0. The van der Waals surface area contributed by atoms with Gasteiger partial charge in [0.15, 0.2) is 0 Å². The monoisotopic (exact) mass is 433 g/mol. The number of anilines is 2. The summed E-state index contributed by atoms with van der Waals surface area (Å²) in [6, 6.07) is 22.3. The minimum atomic E-state index is 0.0562. The molecule has 1 saturated heterocycles. The van der Waals surface area contributed by atoms with E-state index < -0.39 is 0 Å². The van der Waals surface area contributed by atoms with Crippen LogP contribution < -0.4 is 15.0 Å².